The van der Waals surface area contributed by atoms with E-state index in [-0.39, 0.29) is 5.92 Å². The van der Waals surface area contributed by atoms with Crippen LogP contribution in [0.3, 0.4) is 0 Å². The molecule has 1 N–H and O–H groups in total. The van der Waals surface area contributed by atoms with Crippen LogP contribution in [0, 0.1) is 5.92 Å². The van der Waals surface area contributed by atoms with Gasteiger partial charge in [-0.15, -0.1) is 0 Å². The van der Waals surface area contributed by atoms with Crippen LogP contribution in [0.2, 0.25) is 0 Å². The second kappa shape index (κ2) is 4.44. The number of carboxylic acids is 1. The van der Waals surface area contributed by atoms with Crippen LogP contribution >= 0.6 is 0 Å². The fourth-order valence-electron chi connectivity index (χ4n) is 1.70. The van der Waals surface area contributed by atoms with Crippen molar-refractivity contribution < 1.29 is 19.5 Å². The standard InChI is InChI=1S/C10H14N2O4/c1-6(2)9(10(15)16)11(3)12-7(13)4-5-8(12)14/h4-6,9H,1-3H3,(H,15,16)/t9-/m0/s1. The zero-order valence-electron chi connectivity index (χ0n) is 9.38. The lowest BCUT2D eigenvalue weighted by atomic mass is 10.0. The monoisotopic (exact) mass is 226 g/mol. The van der Waals surface area contributed by atoms with Crippen LogP contribution in [0.1, 0.15) is 13.8 Å². The average molecular weight is 226 g/mol. The van der Waals surface area contributed by atoms with E-state index in [4.69, 9.17) is 5.11 Å². The predicted molar refractivity (Wildman–Crippen MR) is 55.0 cm³/mol. The van der Waals surface area contributed by atoms with E-state index in [1.54, 1.807) is 13.8 Å². The van der Waals surface area contributed by atoms with E-state index in [1.807, 2.05) is 0 Å². The Hall–Kier alpha value is -1.69. The minimum atomic E-state index is -1.06. The first-order valence-corrected chi connectivity index (χ1v) is 4.88. The SMILES string of the molecule is CC(C)[C@@H](C(=O)O)N(C)N1C(=O)C=CC1=O. The number of carbonyl (C=O) groups is 3. The van der Waals surface area contributed by atoms with E-state index in [1.165, 1.54) is 7.05 Å². The van der Waals surface area contributed by atoms with Crippen molar-refractivity contribution >= 4 is 17.8 Å². The van der Waals surface area contributed by atoms with E-state index >= 15 is 0 Å². The molecule has 0 aromatic heterocycles. The summed E-state index contributed by atoms with van der Waals surface area (Å²) in [6.07, 6.45) is 2.25. The molecule has 2 amide bonds. The van der Waals surface area contributed by atoms with Gasteiger partial charge in [-0.05, 0) is 5.92 Å². The largest absolute Gasteiger partial charge is 0.480 e. The third-order valence-electron chi connectivity index (χ3n) is 2.39. The van der Waals surface area contributed by atoms with Gasteiger partial charge in [0.25, 0.3) is 11.8 Å². The molecule has 88 valence electrons. The molecule has 0 aromatic carbocycles. The summed E-state index contributed by atoms with van der Waals surface area (Å²) in [5, 5.41) is 11.0. The molecule has 6 nitrogen and oxygen atoms in total. The fraction of sp³-hybridized carbons (Fsp3) is 0.500. The van der Waals surface area contributed by atoms with E-state index < -0.39 is 23.8 Å². The first-order valence-electron chi connectivity index (χ1n) is 4.88. The molecular weight excluding hydrogens is 212 g/mol. The van der Waals surface area contributed by atoms with Gasteiger partial charge in [0.15, 0.2) is 0 Å². The van der Waals surface area contributed by atoms with Crippen molar-refractivity contribution in [1.82, 2.24) is 10.0 Å². The van der Waals surface area contributed by atoms with Crippen LogP contribution in [-0.4, -0.2) is 46.0 Å². The summed E-state index contributed by atoms with van der Waals surface area (Å²) < 4.78 is 0. The Morgan fingerprint density at radius 1 is 1.31 bits per heavy atom. The number of rotatable bonds is 4. The molecule has 0 spiro atoms. The molecule has 0 unspecified atom stereocenters. The number of imide groups is 1. The smallest absolute Gasteiger partial charge is 0.323 e. The first-order chi connectivity index (χ1) is 7.36. The maximum Gasteiger partial charge on any atom is 0.323 e. The maximum atomic E-state index is 11.4. The quantitative estimate of drug-likeness (QED) is 0.675. The Kier molecular flexibility index (Phi) is 3.44. The second-order valence-electron chi connectivity index (χ2n) is 3.92. The molecule has 0 fully saturated rings. The van der Waals surface area contributed by atoms with Crippen molar-refractivity contribution in [1.29, 1.82) is 0 Å². The molecule has 0 saturated carbocycles. The molecule has 0 radical (unpaired) electrons. The molecule has 16 heavy (non-hydrogen) atoms. The summed E-state index contributed by atoms with van der Waals surface area (Å²) in [6, 6.07) is -0.909. The molecule has 0 saturated heterocycles. The lowest BCUT2D eigenvalue weighted by Gasteiger charge is -2.33. The number of hydrogen-bond donors (Lipinski definition) is 1. The molecule has 1 aliphatic heterocycles. The molecular formula is C10H14N2O4. The number of amides is 2. The lowest BCUT2D eigenvalue weighted by Crippen LogP contribution is -2.54. The minimum Gasteiger partial charge on any atom is -0.480 e. The van der Waals surface area contributed by atoms with Crippen molar-refractivity contribution in [2.24, 2.45) is 5.92 Å². The topological polar surface area (TPSA) is 77.9 Å². The van der Waals surface area contributed by atoms with Gasteiger partial charge in [-0.3, -0.25) is 14.4 Å². The molecule has 0 aliphatic carbocycles. The summed E-state index contributed by atoms with van der Waals surface area (Å²) in [5.41, 5.74) is 0. The van der Waals surface area contributed by atoms with E-state index in [2.05, 4.69) is 0 Å². The van der Waals surface area contributed by atoms with E-state index in [0.717, 1.165) is 22.2 Å². The van der Waals surface area contributed by atoms with Crippen molar-refractivity contribution in [3.8, 4) is 0 Å². The van der Waals surface area contributed by atoms with Gasteiger partial charge in [0.2, 0.25) is 0 Å². The number of nitrogens with zero attached hydrogens (tertiary/aromatic N) is 2. The van der Waals surface area contributed by atoms with Gasteiger partial charge >= 0.3 is 5.97 Å². The van der Waals surface area contributed by atoms with E-state index in [9.17, 15) is 14.4 Å². The normalized spacial score (nSPS) is 17.7. The molecule has 6 heteroatoms. The molecule has 1 heterocycles. The van der Waals surface area contributed by atoms with Crippen LogP contribution in [0.4, 0.5) is 0 Å². The zero-order valence-corrected chi connectivity index (χ0v) is 9.38. The number of carboxylic acid groups (broad SMARTS) is 1. The summed E-state index contributed by atoms with van der Waals surface area (Å²) in [4.78, 5) is 33.8. The fourth-order valence-corrected chi connectivity index (χ4v) is 1.70. The maximum absolute atomic E-state index is 11.4. The van der Waals surface area contributed by atoms with E-state index in [0.29, 0.717) is 0 Å². The minimum absolute atomic E-state index is 0.219. The Bertz CT molecular complexity index is 344. The highest BCUT2D eigenvalue weighted by Crippen LogP contribution is 2.15. The highest BCUT2D eigenvalue weighted by Gasteiger charge is 2.36. The highest BCUT2D eigenvalue weighted by atomic mass is 16.4. The van der Waals surface area contributed by atoms with Gasteiger partial charge in [0.05, 0.1) is 0 Å². The van der Waals surface area contributed by atoms with Crippen LogP contribution in [-0.2, 0) is 14.4 Å². The first kappa shape index (κ1) is 12.4. The zero-order chi connectivity index (χ0) is 12.5. The van der Waals surface area contributed by atoms with Gasteiger partial charge in [-0.1, -0.05) is 13.8 Å². The highest BCUT2D eigenvalue weighted by molar-refractivity contribution is 6.12. The third kappa shape index (κ3) is 2.11. The van der Waals surface area contributed by atoms with Crippen LogP contribution < -0.4 is 0 Å². The van der Waals surface area contributed by atoms with Crippen LogP contribution in [0.25, 0.3) is 0 Å². The molecule has 1 atom stereocenters. The molecule has 0 aromatic rings. The number of aliphatic carboxylic acids is 1. The third-order valence-corrected chi connectivity index (χ3v) is 2.39. The Morgan fingerprint density at radius 2 is 1.75 bits per heavy atom. The Morgan fingerprint density at radius 3 is 2.06 bits per heavy atom. The van der Waals surface area contributed by atoms with Crippen molar-refractivity contribution in [2.45, 2.75) is 19.9 Å². The average Bonchev–Trinajstić information content (AvgIpc) is 2.44. The Labute approximate surface area is 93.1 Å². The number of carbonyl (C=O) groups excluding carboxylic acids is 2. The summed E-state index contributed by atoms with van der Waals surface area (Å²) in [7, 11) is 1.42. The van der Waals surface area contributed by atoms with Crippen molar-refractivity contribution in [3.05, 3.63) is 12.2 Å². The van der Waals surface area contributed by atoms with Gasteiger partial charge in [0, 0.05) is 19.2 Å². The van der Waals surface area contributed by atoms with Crippen molar-refractivity contribution in [3.63, 3.8) is 0 Å². The Balaban J connectivity index is 2.91. The number of hydrazine groups is 1. The number of hydrogen-bond acceptors (Lipinski definition) is 4. The predicted octanol–water partition coefficient (Wildman–Crippen LogP) is -0.133. The van der Waals surface area contributed by atoms with Gasteiger partial charge in [0.1, 0.15) is 6.04 Å². The molecule has 1 rings (SSSR count). The summed E-state index contributed by atoms with van der Waals surface area (Å²) in [5.74, 6) is -2.31. The molecule has 0 bridgehead atoms. The van der Waals surface area contributed by atoms with Crippen molar-refractivity contribution in [2.75, 3.05) is 7.05 Å². The van der Waals surface area contributed by atoms with Gasteiger partial charge < -0.3 is 5.11 Å². The van der Waals surface area contributed by atoms with Crippen LogP contribution in [0.5, 0.6) is 0 Å². The second-order valence-corrected chi connectivity index (χ2v) is 3.92. The lowest BCUT2D eigenvalue weighted by molar-refractivity contribution is -0.166. The number of likely N-dealkylation sites (N-methyl/N-ethyl adjacent to an activating group) is 1. The summed E-state index contributed by atoms with van der Waals surface area (Å²) in [6.45, 7) is 3.43. The van der Waals surface area contributed by atoms with Gasteiger partial charge in [-0.25, -0.2) is 5.01 Å². The van der Waals surface area contributed by atoms with Crippen LogP contribution in [0.15, 0.2) is 12.2 Å². The van der Waals surface area contributed by atoms with Gasteiger partial charge in [-0.2, -0.15) is 5.01 Å². The molecule has 1 aliphatic rings. The summed E-state index contributed by atoms with van der Waals surface area (Å²) >= 11 is 0.